The number of rotatable bonds is 24. The molecule has 0 aliphatic carbocycles. The lowest BCUT2D eigenvalue weighted by molar-refractivity contribution is 0.0335. The van der Waals surface area contributed by atoms with Gasteiger partial charge in [-0.1, -0.05) is 143 Å². The van der Waals surface area contributed by atoms with Crippen molar-refractivity contribution in [3.63, 3.8) is 0 Å². The largest absolute Gasteiger partial charge is 0.474 e. The molecule has 0 aliphatic rings. The summed E-state index contributed by atoms with van der Waals surface area (Å²) in [6, 6.07) is 0. The summed E-state index contributed by atoms with van der Waals surface area (Å²) in [5, 5.41) is 7.15. The lowest BCUT2D eigenvalue weighted by Gasteiger charge is -2.36. The van der Waals surface area contributed by atoms with Gasteiger partial charge in [0.2, 0.25) is 0 Å². The van der Waals surface area contributed by atoms with Gasteiger partial charge in [0, 0.05) is 64.2 Å². The Kier molecular flexibility index (Phi) is 24.8. The molecule has 35 heavy (non-hydrogen) atoms. The number of halogens is 9. The van der Waals surface area contributed by atoms with Crippen LogP contribution in [0, 0.1) is 16.2 Å². The van der Waals surface area contributed by atoms with Crippen molar-refractivity contribution in [2.75, 3.05) is 67.8 Å². The fourth-order valence-electron chi connectivity index (χ4n) is 3.29. The normalized spacial score (nSPS) is 13.5. The van der Waals surface area contributed by atoms with E-state index in [9.17, 15) is 4.57 Å². The van der Waals surface area contributed by atoms with Gasteiger partial charge in [0.25, 0.3) is 0 Å². The first-order valence-corrected chi connectivity index (χ1v) is 22.8. The molecule has 4 nitrogen and oxygen atoms in total. The van der Waals surface area contributed by atoms with Gasteiger partial charge in [-0.2, -0.15) is 0 Å². The predicted molar refractivity (Wildman–Crippen MR) is 185 cm³/mol. The van der Waals surface area contributed by atoms with E-state index in [4.69, 9.17) is 13.6 Å². The van der Waals surface area contributed by atoms with Crippen molar-refractivity contribution in [3.05, 3.63) is 0 Å². The minimum absolute atomic E-state index is 0.189. The Morgan fingerprint density at radius 1 is 0.429 bits per heavy atom. The molecule has 0 aromatic heterocycles. The van der Waals surface area contributed by atoms with Gasteiger partial charge in [-0.05, 0) is 38.5 Å². The molecule has 0 N–H and O–H groups in total. The number of phosphoric acid groups is 1. The number of hydrogen-bond acceptors (Lipinski definition) is 4. The van der Waals surface area contributed by atoms with E-state index < -0.39 is 7.82 Å². The fraction of sp³-hybridized carbons (Fsp3) is 1.00. The summed E-state index contributed by atoms with van der Waals surface area (Å²) >= 11 is 32.4. The topological polar surface area (TPSA) is 44.8 Å². The Hall–Kier alpha value is 4.43. The van der Waals surface area contributed by atoms with E-state index in [2.05, 4.69) is 143 Å². The Balaban J connectivity index is 5.93. The first kappa shape index (κ1) is 39.4. The minimum Gasteiger partial charge on any atom is -0.286 e. The number of hydrogen-bond donors (Lipinski definition) is 0. The Morgan fingerprint density at radius 2 is 0.629 bits per heavy atom. The SMILES string of the molecule is O=P(OCC(CBr)(CCBr)CCBr)(OCC(CBr)(CCBr)CCBr)OCC(CBr)(CCBr)CCBr. The van der Waals surface area contributed by atoms with Crippen LogP contribution in [0.15, 0.2) is 0 Å². The molecule has 0 radical (unpaired) electrons. The summed E-state index contributed by atoms with van der Waals surface area (Å²) in [5.41, 5.74) is -0.566. The zero-order chi connectivity index (χ0) is 26.8. The zero-order valence-electron chi connectivity index (χ0n) is 19.7. The maximum Gasteiger partial charge on any atom is 0.474 e. The van der Waals surface area contributed by atoms with Crippen LogP contribution in [0.25, 0.3) is 0 Å². The van der Waals surface area contributed by atoms with Crippen LogP contribution in [-0.2, 0) is 18.1 Å². The average molecular weight is 1100 g/mol. The van der Waals surface area contributed by atoms with Gasteiger partial charge < -0.3 is 0 Å². The Labute approximate surface area is 288 Å². The maximum absolute atomic E-state index is 14.1. The third kappa shape index (κ3) is 14.9. The van der Waals surface area contributed by atoms with Crippen LogP contribution >= 0.6 is 151 Å². The van der Waals surface area contributed by atoms with E-state index in [1.807, 2.05) is 0 Å². The van der Waals surface area contributed by atoms with Gasteiger partial charge in [0.15, 0.2) is 0 Å². The predicted octanol–water partition coefficient (Wildman–Crippen LogP) is 11.0. The summed E-state index contributed by atoms with van der Waals surface area (Å²) in [4.78, 5) is 0. The molecule has 0 saturated heterocycles. The van der Waals surface area contributed by atoms with Gasteiger partial charge in [-0.3, -0.25) is 13.6 Å². The lowest BCUT2D eigenvalue weighted by Crippen LogP contribution is -2.33. The maximum atomic E-state index is 14.1. The first-order chi connectivity index (χ1) is 16.7. The van der Waals surface area contributed by atoms with Crippen LogP contribution in [0.4, 0.5) is 0 Å². The number of alkyl halides is 9. The molecule has 0 atom stereocenters. The second-order valence-corrected chi connectivity index (χ2v) is 16.9. The second kappa shape index (κ2) is 22.0. The molecule has 0 heterocycles. The molecule has 0 fully saturated rings. The van der Waals surface area contributed by atoms with E-state index in [1.54, 1.807) is 0 Å². The molecule has 0 saturated carbocycles. The van der Waals surface area contributed by atoms with Crippen LogP contribution < -0.4 is 0 Å². The van der Waals surface area contributed by atoms with E-state index >= 15 is 0 Å². The zero-order valence-corrected chi connectivity index (χ0v) is 34.9. The monoisotopic (exact) mass is 1090 g/mol. The Morgan fingerprint density at radius 3 is 0.771 bits per heavy atom. The van der Waals surface area contributed by atoms with Crippen molar-refractivity contribution in [1.29, 1.82) is 0 Å². The highest BCUT2D eigenvalue weighted by Gasteiger charge is 2.40. The second-order valence-electron chi connectivity index (χ2n) is 8.80. The van der Waals surface area contributed by atoms with Crippen LogP contribution in [-0.4, -0.2) is 67.8 Å². The van der Waals surface area contributed by atoms with Crippen LogP contribution in [0.5, 0.6) is 0 Å². The molecule has 0 bridgehead atoms. The smallest absolute Gasteiger partial charge is 0.286 e. The van der Waals surface area contributed by atoms with E-state index in [0.29, 0.717) is 0 Å². The summed E-state index contributed by atoms with van der Waals surface area (Å²) in [7, 11) is -3.84. The summed E-state index contributed by atoms with van der Waals surface area (Å²) < 4.78 is 32.6. The summed E-state index contributed by atoms with van der Waals surface area (Å²) in [6.07, 6.45) is 5.26. The van der Waals surface area contributed by atoms with E-state index in [0.717, 1.165) is 86.5 Å². The molecule has 212 valence electrons. The van der Waals surface area contributed by atoms with Crippen molar-refractivity contribution in [2.24, 2.45) is 16.2 Å². The highest BCUT2D eigenvalue weighted by atomic mass is 79.9. The van der Waals surface area contributed by atoms with Crippen molar-refractivity contribution in [3.8, 4) is 0 Å². The van der Waals surface area contributed by atoms with Crippen LogP contribution in [0.1, 0.15) is 38.5 Å². The molecule has 0 spiro atoms. The molecular weight excluding hydrogens is 1070 g/mol. The molecule has 0 amide bonds. The minimum atomic E-state index is -3.84. The van der Waals surface area contributed by atoms with Crippen molar-refractivity contribution < 1.29 is 18.1 Å². The highest BCUT2D eigenvalue weighted by molar-refractivity contribution is 9.10. The molecule has 0 aromatic carbocycles. The lowest BCUT2D eigenvalue weighted by atomic mass is 9.86. The van der Waals surface area contributed by atoms with Gasteiger partial charge in [-0.25, -0.2) is 4.57 Å². The summed E-state index contributed by atoms with van der Waals surface area (Å²) in [5.74, 6) is 0. The van der Waals surface area contributed by atoms with Gasteiger partial charge >= 0.3 is 7.82 Å². The molecule has 0 aromatic rings. The van der Waals surface area contributed by atoms with Gasteiger partial charge in [-0.15, -0.1) is 0 Å². The third-order valence-corrected chi connectivity index (χ3v) is 13.5. The molecule has 0 rings (SSSR count). The quantitative estimate of drug-likeness (QED) is 0.0714. The van der Waals surface area contributed by atoms with Gasteiger partial charge in [0.05, 0.1) is 19.8 Å². The third-order valence-electron chi connectivity index (χ3n) is 6.19. The van der Waals surface area contributed by atoms with Crippen molar-refractivity contribution in [1.82, 2.24) is 0 Å². The first-order valence-electron chi connectivity index (χ1n) is 11.2. The van der Waals surface area contributed by atoms with E-state index in [-0.39, 0.29) is 36.1 Å². The summed E-state index contributed by atoms with van der Waals surface area (Å²) in [6.45, 7) is 0.843. The van der Waals surface area contributed by atoms with Gasteiger partial charge in [0.1, 0.15) is 0 Å². The van der Waals surface area contributed by atoms with Crippen LogP contribution in [0.3, 0.4) is 0 Å². The average Bonchev–Trinajstić information content (AvgIpc) is 2.85. The molecule has 14 heteroatoms. The van der Waals surface area contributed by atoms with Crippen molar-refractivity contribution in [2.45, 2.75) is 38.5 Å². The highest BCUT2D eigenvalue weighted by Crippen LogP contribution is 2.54. The molecule has 0 unspecified atom stereocenters. The van der Waals surface area contributed by atoms with E-state index in [1.165, 1.54) is 0 Å². The Bertz CT molecular complexity index is 495. The van der Waals surface area contributed by atoms with Crippen molar-refractivity contribution >= 4 is 151 Å². The standard InChI is InChI=1S/C21H36Br9O4P/c22-7-1-19(13-28,2-8-23)16-32-35(31,33-17-20(14-29,3-9-24)4-10-25)34-18-21(15-30,5-11-26)6-12-27/h1-18H2. The fourth-order valence-corrected chi connectivity index (χ4v) is 12.0. The molecule has 0 aliphatic heterocycles. The number of phosphoric ester groups is 1. The van der Waals surface area contributed by atoms with Crippen LogP contribution in [0.2, 0.25) is 0 Å². The molecular formula is C21H36Br9O4P.